The molecule has 0 saturated carbocycles. The number of ether oxygens (including phenoxy) is 2. The molecule has 4 rings (SSSR count). The Balaban J connectivity index is 1.78. The summed E-state index contributed by atoms with van der Waals surface area (Å²) in [5.74, 6) is 1.28. The van der Waals surface area contributed by atoms with E-state index in [0.29, 0.717) is 28.4 Å². The second kappa shape index (κ2) is 8.44. The summed E-state index contributed by atoms with van der Waals surface area (Å²) >= 11 is 8.50. The third-order valence-corrected chi connectivity index (χ3v) is 6.29. The van der Waals surface area contributed by atoms with E-state index in [-0.39, 0.29) is 18.2 Å². The van der Waals surface area contributed by atoms with E-state index < -0.39 is 0 Å². The number of benzene rings is 1. The third kappa shape index (κ3) is 4.05. The van der Waals surface area contributed by atoms with Gasteiger partial charge in [0.25, 0.3) is 0 Å². The smallest absolute Gasteiger partial charge is 0.180 e. The summed E-state index contributed by atoms with van der Waals surface area (Å²) in [4.78, 5) is 12.0. The van der Waals surface area contributed by atoms with Crippen LogP contribution in [-0.4, -0.2) is 39.6 Å². The van der Waals surface area contributed by atoms with Crippen molar-refractivity contribution < 1.29 is 9.47 Å². The maximum Gasteiger partial charge on any atom is 0.180 e. The van der Waals surface area contributed by atoms with Crippen LogP contribution in [0.4, 0.5) is 0 Å². The number of nitrogens with zero attached hydrogens (tertiary/aromatic N) is 3. The number of aromatic nitrogens is 1. The predicted octanol–water partition coefficient (Wildman–Crippen LogP) is 5.51. The minimum atomic E-state index is -0.0754. The average Bonchev–Trinajstić information content (AvgIpc) is 3.21. The molecule has 0 unspecified atom stereocenters. The summed E-state index contributed by atoms with van der Waals surface area (Å²) in [6.07, 6.45) is 1.83. The zero-order chi connectivity index (χ0) is 20.5. The van der Waals surface area contributed by atoms with E-state index in [2.05, 4.69) is 22.9 Å². The molecule has 2 aromatic rings. The first-order valence-corrected chi connectivity index (χ1v) is 11.3. The molecule has 1 aromatic carbocycles. The first-order chi connectivity index (χ1) is 14.0. The Hall–Kier alpha value is -1.92. The highest BCUT2D eigenvalue weighted by molar-refractivity contribution is 8.14. The van der Waals surface area contributed by atoms with Crippen LogP contribution in [0.2, 0.25) is 5.02 Å². The lowest BCUT2D eigenvalue weighted by molar-refractivity contribution is 0.223. The van der Waals surface area contributed by atoms with Gasteiger partial charge in [0.1, 0.15) is 6.04 Å². The van der Waals surface area contributed by atoms with Crippen molar-refractivity contribution in [3.8, 4) is 11.5 Å². The summed E-state index contributed by atoms with van der Waals surface area (Å²) in [5.41, 5.74) is 2.03. The molecule has 3 atom stereocenters. The molecule has 0 spiro atoms. The van der Waals surface area contributed by atoms with Gasteiger partial charge in [0.05, 0.1) is 29.5 Å². The highest BCUT2D eigenvalue weighted by Crippen LogP contribution is 2.50. The molecular formula is C22H26ClN3O2S. The molecule has 0 aliphatic carbocycles. The number of thioether (sulfide) groups is 1. The predicted molar refractivity (Wildman–Crippen MR) is 119 cm³/mol. The Morgan fingerprint density at radius 2 is 2.14 bits per heavy atom. The van der Waals surface area contributed by atoms with Crippen LogP contribution in [0.15, 0.2) is 41.5 Å². The maximum absolute atomic E-state index is 6.68. The van der Waals surface area contributed by atoms with Gasteiger partial charge in [0.15, 0.2) is 16.7 Å². The number of aliphatic imine (C=N–C) groups is 1. The van der Waals surface area contributed by atoms with E-state index in [1.54, 1.807) is 0 Å². The molecule has 0 N–H and O–H groups in total. The van der Waals surface area contributed by atoms with Crippen molar-refractivity contribution in [1.82, 2.24) is 9.88 Å². The van der Waals surface area contributed by atoms with Gasteiger partial charge in [-0.1, -0.05) is 36.4 Å². The fourth-order valence-corrected chi connectivity index (χ4v) is 5.21. The Labute approximate surface area is 181 Å². The highest BCUT2D eigenvalue weighted by atomic mass is 35.5. The summed E-state index contributed by atoms with van der Waals surface area (Å²) in [7, 11) is 0. The molecule has 7 heteroatoms. The zero-order valence-electron chi connectivity index (χ0n) is 17.1. The number of halogens is 1. The first kappa shape index (κ1) is 20.4. The number of hydrogen-bond acceptors (Lipinski definition) is 6. The molecule has 5 nitrogen and oxygen atoms in total. The summed E-state index contributed by atoms with van der Waals surface area (Å²) in [6.45, 7) is 9.65. The maximum atomic E-state index is 6.68. The van der Waals surface area contributed by atoms with Gasteiger partial charge in [-0.25, -0.2) is 0 Å². The van der Waals surface area contributed by atoms with Crippen molar-refractivity contribution in [3.63, 3.8) is 0 Å². The number of fused-ring (bicyclic) bond motifs is 1. The molecule has 3 heterocycles. The summed E-state index contributed by atoms with van der Waals surface area (Å²) in [6, 6.07) is 9.99. The minimum absolute atomic E-state index is 0.0103. The van der Waals surface area contributed by atoms with Gasteiger partial charge in [-0.15, -0.1) is 0 Å². The zero-order valence-corrected chi connectivity index (χ0v) is 18.7. The molecular weight excluding hydrogens is 406 g/mol. The summed E-state index contributed by atoms with van der Waals surface area (Å²) < 4.78 is 11.9. The van der Waals surface area contributed by atoms with Gasteiger partial charge < -0.3 is 14.4 Å². The van der Waals surface area contributed by atoms with Gasteiger partial charge in [0, 0.05) is 18.0 Å². The van der Waals surface area contributed by atoms with E-state index in [1.807, 2.05) is 63.0 Å². The summed E-state index contributed by atoms with van der Waals surface area (Å²) in [5, 5.41) is 2.15. The van der Waals surface area contributed by atoms with Crippen LogP contribution in [-0.2, 0) is 0 Å². The standard InChI is InChI=1S/C22H26ClN3O2S/c1-5-27-18-11-15(10-16(23)21(18)28-13(2)3)20-19(17-8-6-7-9-24-17)25-22-26(20)12-14(4)29-22/h6-11,13-14,19-20H,5,12H2,1-4H3/t14-,19+,20-/m0/s1. The van der Waals surface area contributed by atoms with Crippen LogP contribution in [0.25, 0.3) is 0 Å². The molecule has 2 aliphatic rings. The van der Waals surface area contributed by atoms with Gasteiger partial charge in [-0.05, 0) is 50.6 Å². The van der Waals surface area contributed by atoms with Gasteiger partial charge in [-0.3, -0.25) is 9.98 Å². The van der Waals surface area contributed by atoms with Crippen LogP contribution >= 0.6 is 23.4 Å². The Kier molecular flexibility index (Phi) is 5.93. The second-order valence-corrected chi connectivity index (χ2v) is 9.38. The van der Waals surface area contributed by atoms with Crippen molar-refractivity contribution in [2.75, 3.05) is 13.2 Å². The lowest BCUT2D eigenvalue weighted by atomic mass is 9.96. The highest BCUT2D eigenvalue weighted by Gasteiger charge is 2.44. The van der Waals surface area contributed by atoms with Crippen LogP contribution in [0.3, 0.4) is 0 Å². The molecule has 0 amide bonds. The van der Waals surface area contributed by atoms with Crippen LogP contribution in [0.1, 0.15) is 51.0 Å². The van der Waals surface area contributed by atoms with Crippen molar-refractivity contribution >= 4 is 28.5 Å². The quantitative estimate of drug-likeness (QED) is 0.603. The Bertz CT molecular complexity index is 906. The molecule has 29 heavy (non-hydrogen) atoms. The molecule has 0 radical (unpaired) electrons. The fraction of sp³-hybridized carbons (Fsp3) is 0.455. The molecule has 1 aromatic heterocycles. The minimum Gasteiger partial charge on any atom is -0.490 e. The lowest BCUT2D eigenvalue weighted by Gasteiger charge is -2.28. The number of hydrogen-bond donors (Lipinski definition) is 0. The van der Waals surface area contributed by atoms with Crippen molar-refractivity contribution in [1.29, 1.82) is 0 Å². The van der Waals surface area contributed by atoms with Crippen LogP contribution < -0.4 is 9.47 Å². The van der Waals surface area contributed by atoms with Gasteiger partial charge in [-0.2, -0.15) is 0 Å². The number of rotatable bonds is 6. The van der Waals surface area contributed by atoms with Crippen LogP contribution in [0, 0.1) is 0 Å². The normalized spacial score (nSPS) is 23.3. The average molecular weight is 432 g/mol. The van der Waals surface area contributed by atoms with Crippen molar-refractivity contribution in [2.45, 2.75) is 51.1 Å². The van der Waals surface area contributed by atoms with E-state index in [0.717, 1.165) is 23.0 Å². The first-order valence-electron chi connectivity index (χ1n) is 10.0. The van der Waals surface area contributed by atoms with Crippen molar-refractivity contribution in [3.05, 3.63) is 52.8 Å². The van der Waals surface area contributed by atoms with E-state index in [4.69, 9.17) is 26.1 Å². The Morgan fingerprint density at radius 1 is 1.31 bits per heavy atom. The molecule has 1 fully saturated rings. The van der Waals surface area contributed by atoms with E-state index in [1.165, 1.54) is 0 Å². The SMILES string of the molecule is CCOc1cc([C@H]2[C@@H](c3ccccn3)N=C3S[C@@H](C)CN32)cc(Cl)c1OC(C)C. The molecule has 2 aliphatic heterocycles. The molecule has 154 valence electrons. The number of pyridine rings is 1. The Morgan fingerprint density at radius 3 is 2.83 bits per heavy atom. The number of amidine groups is 1. The third-order valence-electron chi connectivity index (χ3n) is 4.91. The molecule has 0 bridgehead atoms. The largest absolute Gasteiger partial charge is 0.490 e. The van der Waals surface area contributed by atoms with E-state index >= 15 is 0 Å². The van der Waals surface area contributed by atoms with Gasteiger partial charge in [0.2, 0.25) is 0 Å². The van der Waals surface area contributed by atoms with Gasteiger partial charge >= 0.3 is 0 Å². The monoisotopic (exact) mass is 431 g/mol. The fourth-order valence-electron chi connectivity index (χ4n) is 3.85. The van der Waals surface area contributed by atoms with Crippen molar-refractivity contribution in [2.24, 2.45) is 4.99 Å². The van der Waals surface area contributed by atoms with Crippen LogP contribution in [0.5, 0.6) is 11.5 Å². The second-order valence-electron chi connectivity index (χ2n) is 7.57. The topological polar surface area (TPSA) is 47.0 Å². The van der Waals surface area contributed by atoms with E-state index in [9.17, 15) is 0 Å². The molecule has 1 saturated heterocycles. The lowest BCUT2D eigenvalue weighted by Crippen LogP contribution is -2.28.